The molecule has 0 aliphatic heterocycles. The predicted octanol–water partition coefficient (Wildman–Crippen LogP) is 4.83. The summed E-state index contributed by atoms with van der Waals surface area (Å²) in [5, 5.41) is 20.8. The Balaban J connectivity index is 1.40. The zero-order chi connectivity index (χ0) is 25.7. The van der Waals surface area contributed by atoms with Crippen molar-refractivity contribution in [2.45, 2.75) is 6.92 Å². The molecule has 0 saturated heterocycles. The Morgan fingerprint density at radius 3 is 2.59 bits per heavy atom. The molecule has 12 heteroatoms. The number of rotatable bonds is 5. The number of hydrogen-bond acceptors (Lipinski definition) is 7. The quantitative estimate of drug-likeness (QED) is 0.351. The molecule has 6 aromatic rings. The first-order valence-corrected chi connectivity index (χ1v) is 11.7. The molecule has 37 heavy (non-hydrogen) atoms. The Labute approximate surface area is 215 Å². The van der Waals surface area contributed by atoms with E-state index in [4.69, 9.17) is 11.6 Å². The Bertz CT molecular complexity index is 1780. The van der Waals surface area contributed by atoms with E-state index in [-0.39, 0.29) is 5.02 Å². The van der Waals surface area contributed by atoms with E-state index in [1.807, 2.05) is 55.9 Å². The average Bonchev–Trinajstić information content (AvgIpc) is 3.57. The van der Waals surface area contributed by atoms with Gasteiger partial charge in [0.25, 0.3) is 0 Å². The number of nitrogens with one attached hydrogen (secondary N) is 1. The Morgan fingerprint density at radius 2 is 1.81 bits per heavy atom. The lowest BCUT2D eigenvalue weighted by Crippen LogP contribution is -2.03. The van der Waals surface area contributed by atoms with Gasteiger partial charge < -0.3 is 5.32 Å². The molecule has 0 radical (unpaired) electrons. The maximum absolute atomic E-state index is 14.3. The van der Waals surface area contributed by atoms with Crippen molar-refractivity contribution in [1.82, 2.24) is 44.1 Å². The Morgan fingerprint density at radius 1 is 0.946 bits per heavy atom. The number of nitrogens with zero attached hydrogens (tertiary/aromatic N) is 9. The normalized spacial score (nSPS) is 11.4. The van der Waals surface area contributed by atoms with Crippen LogP contribution in [0.5, 0.6) is 0 Å². The number of halogens is 2. The van der Waals surface area contributed by atoms with Crippen LogP contribution in [-0.2, 0) is 14.1 Å². The zero-order valence-electron chi connectivity index (χ0n) is 20.1. The van der Waals surface area contributed by atoms with Crippen molar-refractivity contribution in [2.75, 3.05) is 5.32 Å². The van der Waals surface area contributed by atoms with Gasteiger partial charge in [-0.3, -0.25) is 13.8 Å². The van der Waals surface area contributed by atoms with Crippen molar-refractivity contribution in [2.24, 2.45) is 14.1 Å². The van der Waals surface area contributed by atoms with E-state index in [0.717, 1.165) is 28.3 Å². The molecule has 0 aliphatic rings. The van der Waals surface area contributed by atoms with E-state index in [2.05, 4.69) is 35.7 Å². The number of hydrogen-bond donors (Lipinski definition) is 1. The Kier molecular flexibility index (Phi) is 5.41. The number of aromatic nitrogens is 9. The predicted molar refractivity (Wildman–Crippen MR) is 138 cm³/mol. The molecule has 1 N–H and O–H groups in total. The van der Waals surface area contributed by atoms with E-state index in [9.17, 15) is 4.39 Å². The van der Waals surface area contributed by atoms with Crippen LogP contribution in [0.25, 0.3) is 39.5 Å². The summed E-state index contributed by atoms with van der Waals surface area (Å²) < 4.78 is 19.6. The third kappa shape index (κ3) is 3.99. The highest BCUT2D eigenvalue weighted by Gasteiger charge is 2.22. The molecule has 0 fully saturated rings. The van der Waals surface area contributed by atoms with E-state index in [0.29, 0.717) is 28.7 Å². The van der Waals surface area contributed by atoms with Gasteiger partial charge in [-0.1, -0.05) is 17.7 Å². The number of anilines is 2. The van der Waals surface area contributed by atoms with Crippen molar-refractivity contribution in [3.63, 3.8) is 0 Å². The van der Waals surface area contributed by atoms with Crippen molar-refractivity contribution in [3.05, 3.63) is 77.6 Å². The van der Waals surface area contributed by atoms with Gasteiger partial charge in [-0.2, -0.15) is 10.2 Å². The standard InChI is InChI=1S/C25H20ClFN10/c1-14-22(23(36(3)34-14)16-4-5-17(26)18(27)12-16)24-33-32-21-13-15(8-11-37(21)24)19-6-9-28-25(30-19)31-20-7-10-29-35(20)2/h4-13H,1-3H3,(H,28,30,31). The van der Waals surface area contributed by atoms with Crippen LogP contribution in [0.15, 0.2) is 61.1 Å². The van der Waals surface area contributed by atoms with Crippen molar-refractivity contribution in [1.29, 1.82) is 0 Å². The molecule has 184 valence electrons. The average molecular weight is 515 g/mol. The second-order valence-corrected chi connectivity index (χ2v) is 8.87. The van der Waals surface area contributed by atoms with Crippen LogP contribution in [-0.4, -0.2) is 44.1 Å². The summed E-state index contributed by atoms with van der Waals surface area (Å²) >= 11 is 5.91. The summed E-state index contributed by atoms with van der Waals surface area (Å²) in [5.74, 6) is 1.33. The second-order valence-electron chi connectivity index (χ2n) is 8.46. The summed E-state index contributed by atoms with van der Waals surface area (Å²) in [4.78, 5) is 8.95. The molecule has 6 rings (SSSR count). The molecular weight excluding hydrogens is 495 g/mol. The first kappa shape index (κ1) is 22.8. The van der Waals surface area contributed by atoms with Crippen LogP contribution in [0, 0.1) is 12.7 Å². The second kappa shape index (κ2) is 8.79. The Hall–Kier alpha value is -4.64. The summed E-state index contributed by atoms with van der Waals surface area (Å²) in [6.07, 6.45) is 5.27. The molecule has 5 heterocycles. The van der Waals surface area contributed by atoms with Gasteiger partial charge in [0.05, 0.1) is 33.9 Å². The largest absolute Gasteiger partial charge is 0.309 e. The maximum atomic E-state index is 14.3. The van der Waals surface area contributed by atoms with Gasteiger partial charge in [-0.15, -0.1) is 10.2 Å². The SMILES string of the molecule is Cc1nn(C)c(-c2ccc(Cl)c(F)c2)c1-c1nnc2cc(-c3ccnc(Nc4ccnn4C)n3)ccn12. The summed E-state index contributed by atoms with van der Waals surface area (Å²) in [7, 11) is 3.65. The van der Waals surface area contributed by atoms with Gasteiger partial charge in [0.15, 0.2) is 11.5 Å². The molecule has 0 spiro atoms. The highest BCUT2D eigenvalue weighted by Crippen LogP contribution is 2.35. The van der Waals surface area contributed by atoms with E-state index in [1.54, 1.807) is 27.8 Å². The van der Waals surface area contributed by atoms with Crippen molar-refractivity contribution in [3.8, 4) is 33.9 Å². The summed E-state index contributed by atoms with van der Waals surface area (Å²) in [5.41, 5.74) is 5.06. The number of fused-ring (bicyclic) bond motifs is 1. The van der Waals surface area contributed by atoms with Gasteiger partial charge >= 0.3 is 0 Å². The fourth-order valence-electron chi connectivity index (χ4n) is 4.31. The third-order valence-corrected chi connectivity index (χ3v) is 6.37. The minimum atomic E-state index is -0.498. The molecule has 5 aromatic heterocycles. The zero-order valence-corrected chi connectivity index (χ0v) is 20.8. The lowest BCUT2D eigenvalue weighted by atomic mass is 10.0. The van der Waals surface area contributed by atoms with E-state index < -0.39 is 5.82 Å². The van der Waals surface area contributed by atoms with Gasteiger partial charge in [-0.25, -0.2) is 14.4 Å². The fraction of sp³-hybridized carbons (Fsp3) is 0.120. The fourth-order valence-corrected chi connectivity index (χ4v) is 4.43. The van der Waals surface area contributed by atoms with Gasteiger partial charge in [-0.05, 0) is 37.3 Å². The van der Waals surface area contributed by atoms with E-state index in [1.165, 1.54) is 12.1 Å². The lowest BCUT2D eigenvalue weighted by molar-refractivity contribution is 0.628. The number of benzene rings is 1. The minimum Gasteiger partial charge on any atom is -0.309 e. The molecule has 0 bridgehead atoms. The van der Waals surface area contributed by atoms with Crippen LogP contribution in [0.2, 0.25) is 5.02 Å². The summed E-state index contributed by atoms with van der Waals surface area (Å²) in [6, 6.07) is 12.2. The maximum Gasteiger partial charge on any atom is 0.228 e. The monoisotopic (exact) mass is 514 g/mol. The van der Waals surface area contributed by atoms with Gasteiger partial charge in [0.2, 0.25) is 5.95 Å². The number of aryl methyl sites for hydroxylation is 3. The molecule has 0 amide bonds. The third-order valence-electron chi connectivity index (χ3n) is 6.06. The summed E-state index contributed by atoms with van der Waals surface area (Å²) in [6.45, 7) is 1.89. The molecule has 0 unspecified atom stereocenters. The van der Waals surface area contributed by atoms with Gasteiger partial charge in [0, 0.05) is 43.7 Å². The molecule has 10 nitrogen and oxygen atoms in total. The van der Waals surface area contributed by atoms with Gasteiger partial charge in [0.1, 0.15) is 11.6 Å². The minimum absolute atomic E-state index is 0.0630. The number of pyridine rings is 1. The molecular formula is C25H20ClFN10. The molecule has 1 aromatic carbocycles. The topological polar surface area (TPSA) is 104 Å². The highest BCUT2D eigenvalue weighted by molar-refractivity contribution is 6.30. The first-order valence-electron chi connectivity index (χ1n) is 11.3. The van der Waals surface area contributed by atoms with Crippen molar-refractivity contribution < 1.29 is 4.39 Å². The van der Waals surface area contributed by atoms with Crippen LogP contribution < -0.4 is 5.32 Å². The molecule has 0 saturated carbocycles. The van der Waals surface area contributed by atoms with E-state index >= 15 is 0 Å². The lowest BCUT2D eigenvalue weighted by Gasteiger charge is -2.08. The first-order chi connectivity index (χ1) is 17.9. The molecule has 0 atom stereocenters. The smallest absolute Gasteiger partial charge is 0.228 e. The van der Waals surface area contributed by atoms with Crippen LogP contribution in [0.1, 0.15) is 5.69 Å². The highest BCUT2D eigenvalue weighted by atomic mass is 35.5. The van der Waals surface area contributed by atoms with Crippen molar-refractivity contribution >= 4 is 29.0 Å². The van der Waals surface area contributed by atoms with Crippen LogP contribution >= 0.6 is 11.6 Å². The van der Waals surface area contributed by atoms with Crippen LogP contribution in [0.4, 0.5) is 16.2 Å². The van der Waals surface area contributed by atoms with Crippen LogP contribution in [0.3, 0.4) is 0 Å². The molecule has 0 aliphatic carbocycles.